The van der Waals surface area contributed by atoms with E-state index in [-0.39, 0.29) is 17.9 Å². The van der Waals surface area contributed by atoms with Gasteiger partial charge in [0.15, 0.2) is 0 Å². The number of thiophene rings is 1. The number of carbonyl (C=O) groups is 2. The molecule has 0 atom stereocenters. The molecule has 0 aliphatic rings. The molecule has 2 rings (SSSR count). The van der Waals surface area contributed by atoms with Crippen LogP contribution < -0.4 is 10.6 Å². The van der Waals surface area contributed by atoms with E-state index in [1.165, 1.54) is 11.3 Å². The van der Waals surface area contributed by atoms with Crippen molar-refractivity contribution in [2.45, 2.75) is 19.9 Å². The summed E-state index contributed by atoms with van der Waals surface area (Å²) in [5.41, 5.74) is 0.959. The first kappa shape index (κ1) is 15.7. The Morgan fingerprint density at radius 2 is 1.81 bits per heavy atom. The maximum Gasteiger partial charge on any atom is 0.265 e. The first-order valence-electron chi connectivity index (χ1n) is 6.44. The zero-order chi connectivity index (χ0) is 15.4. The summed E-state index contributed by atoms with van der Waals surface area (Å²) in [6, 6.07) is 10.6. The Labute approximate surface area is 135 Å². The SMILES string of the molecule is CC(C)NC(=O)c1ccccc1NC(=O)c1ccc(Br)s1. The quantitative estimate of drug-likeness (QED) is 0.861. The normalized spacial score (nSPS) is 10.5. The summed E-state index contributed by atoms with van der Waals surface area (Å²) in [4.78, 5) is 24.9. The van der Waals surface area contributed by atoms with Crippen molar-refractivity contribution in [2.75, 3.05) is 5.32 Å². The minimum Gasteiger partial charge on any atom is -0.350 e. The predicted octanol–water partition coefficient (Wildman–Crippen LogP) is 3.90. The topological polar surface area (TPSA) is 58.2 Å². The summed E-state index contributed by atoms with van der Waals surface area (Å²) in [5.74, 6) is -0.427. The van der Waals surface area contributed by atoms with E-state index in [4.69, 9.17) is 0 Å². The van der Waals surface area contributed by atoms with E-state index in [1.54, 1.807) is 30.3 Å². The van der Waals surface area contributed by atoms with Crippen LogP contribution in [0.15, 0.2) is 40.2 Å². The second kappa shape index (κ2) is 6.87. The highest BCUT2D eigenvalue weighted by Gasteiger charge is 2.15. The predicted molar refractivity (Wildman–Crippen MR) is 89.0 cm³/mol. The number of nitrogens with one attached hydrogen (secondary N) is 2. The standard InChI is InChI=1S/C15H15BrN2O2S/c1-9(2)17-14(19)10-5-3-4-6-11(10)18-15(20)12-7-8-13(16)21-12/h3-9H,1-2H3,(H,17,19)(H,18,20). The Hall–Kier alpha value is -1.66. The molecular weight excluding hydrogens is 352 g/mol. The lowest BCUT2D eigenvalue weighted by Gasteiger charge is -2.12. The fourth-order valence-corrected chi connectivity index (χ4v) is 3.03. The van der Waals surface area contributed by atoms with Gasteiger partial charge in [0.2, 0.25) is 0 Å². The molecule has 1 heterocycles. The molecule has 0 fully saturated rings. The summed E-state index contributed by atoms with van der Waals surface area (Å²) in [6.07, 6.45) is 0. The highest BCUT2D eigenvalue weighted by atomic mass is 79.9. The van der Waals surface area contributed by atoms with Gasteiger partial charge in [0, 0.05) is 6.04 Å². The fourth-order valence-electron chi connectivity index (χ4n) is 1.75. The van der Waals surface area contributed by atoms with Crippen molar-refractivity contribution in [1.82, 2.24) is 5.32 Å². The third-order valence-electron chi connectivity index (χ3n) is 2.64. The molecule has 21 heavy (non-hydrogen) atoms. The summed E-state index contributed by atoms with van der Waals surface area (Å²) >= 11 is 4.67. The molecule has 0 aliphatic carbocycles. The number of hydrogen-bond acceptors (Lipinski definition) is 3. The minimum atomic E-state index is -0.226. The van der Waals surface area contributed by atoms with Gasteiger partial charge < -0.3 is 10.6 Å². The Kier molecular flexibility index (Phi) is 5.14. The third kappa shape index (κ3) is 4.15. The van der Waals surface area contributed by atoms with Crippen molar-refractivity contribution in [3.8, 4) is 0 Å². The number of amides is 2. The average Bonchev–Trinajstić information content (AvgIpc) is 2.85. The van der Waals surface area contributed by atoms with Gasteiger partial charge in [0.25, 0.3) is 11.8 Å². The van der Waals surface area contributed by atoms with E-state index < -0.39 is 0 Å². The van der Waals surface area contributed by atoms with Crippen molar-refractivity contribution in [1.29, 1.82) is 0 Å². The molecule has 0 aliphatic heterocycles. The van der Waals surface area contributed by atoms with Crippen LogP contribution >= 0.6 is 27.3 Å². The zero-order valence-electron chi connectivity index (χ0n) is 11.6. The number of para-hydroxylation sites is 1. The highest BCUT2D eigenvalue weighted by Crippen LogP contribution is 2.24. The van der Waals surface area contributed by atoms with Gasteiger partial charge in [-0.05, 0) is 54.0 Å². The van der Waals surface area contributed by atoms with Crippen molar-refractivity contribution in [2.24, 2.45) is 0 Å². The van der Waals surface area contributed by atoms with Gasteiger partial charge in [-0.2, -0.15) is 0 Å². The number of anilines is 1. The van der Waals surface area contributed by atoms with Crippen LogP contribution in [0.5, 0.6) is 0 Å². The minimum absolute atomic E-state index is 0.0366. The molecule has 0 saturated carbocycles. The van der Waals surface area contributed by atoms with Crippen molar-refractivity contribution >= 4 is 44.8 Å². The van der Waals surface area contributed by atoms with Gasteiger partial charge in [0.05, 0.1) is 19.9 Å². The molecule has 0 radical (unpaired) electrons. The second-order valence-electron chi connectivity index (χ2n) is 4.73. The molecule has 1 aromatic heterocycles. The van der Waals surface area contributed by atoms with Crippen LogP contribution in [0.2, 0.25) is 0 Å². The van der Waals surface area contributed by atoms with Gasteiger partial charge >= 0.3 is 0 Å². The number of carbonyl (C=O) groups excluding carboxylic acids is 2. The maximum atomic E-state index is 12.2. The van der Waals surface area contributed by atoms with Crippen LogP contribution in [-0.4, -0.2) is 17.9 Å². The number of rotatable bonds is 4. The fraction of sp³-hybridized carbons (Fsp3) is 0.200. The molecule has 1 aromatic carbocycles. The lowest BCUT2D eigenvalue weighted by molar-refractivity contribution is 0.0944. The van der Waals surface area contributed by atoms with Crippen LogP contribution in [0.1, 0.15) is 33.9 Å². The monoisotopic (exact) mass is 366 g/mol. The molecule has 0 saturated heterocycles. The molecule has 110 valence electrons. The number of benzene rings is 1. The largest absolute Gasteiger partial charge is 0.350 e. The van der Waals surface area contributed by atoms with Crippen molar-refractivity contribution in [3.05, 3.63) is 50.6 Å². The number of hydrogen-bond donors (Lipinski definition) is 2. The summed E-state index contributed by atoms with van der Waals surface area (Å²) < 4.78 is 0.887. The van der Waals surface area contributed by atoms with Crippen LogP contribution in [0, 0.1) is 0 Å². The van der Waals surface area contributed by atoms with E-state index >= 15 is 0 Å². The van der Waals surface area contributed by atoms with Crippen molar-refractivity contribution < 1.29 is 9.59 Å². The van der Waals surface area contributed by atoms with Gasteiger partial charge in [0.1, 0.15) is 0 Å². The Morgan fingerprint density at radius 1 is 1.10 bits per heavy atom. The van der Waals surface area contributed by atoms with E-state index in [1.807, 2.05) is 19.9 Å². The summed E-state index contributed by atoms with van der Waals surface area (Å²) in [7, 11) is 0. The average molecular weight is 367 g/mol. The molecule has 6 heteroatoms. The van der Waals surface area contributed by atoms with E-state index in [0.717, 1.165) is 3.79 Å². The second-order valence-corrected chi connectivity index (χ2v) is 7.19. The van der Waals surface area contributed by atoms with E-state index in [9.17, 15) is 9.59 Å². The molecule has 2 aromatic rings. The van der Waals surface area contributed by atoms with E-state index in [2.05, 4.69) is 26.6 Å². The first-order valence-corrected chi connectivity index (χ1v) is 8.05. The molecule has 0 spiro atoms. The third-order valence-corrected chi connectivity index (χ3v) is 4.26. The van der Waals surface area contributed by atoms with Crippen LogP contribution in [0.25, 0.3) is 0 Å². The Morgan fingerprint density at radius 3 is 2.43 bits per heavy atom. The van der Waals surface area contributed by atoms with Gasteiger partial charge in [-0.15, -0.1) is 11.3 Å². The smallest absolute Gasteiger partial charge is 0.265 e. The first-order chi connectivity index (χ1) is 9.97. The lowest BCUT2D eigenvalue weighted by Crippen LogP contribution is -2.31. The van der Waals surface area contributed by atoms with Crippen LogP contribution in [0.4, 0.5) is 5.69 Å². The van der Waals surface area contributed by atoms with Crippen molar-refractivity contribution in [3.63, 3.8) is 0 Å². The highest BCUT2D eigenvalue weighted by molar-refractivity contribution is 9.11. The molecular formula is C15H15BrN2O2S. The Balaban J connectivity index is 2.20. The lowest BCUT2D eigenvalue weighted by atomic mass is 10.1. The molecule has 0 bridgehead atoms. The van der Waals surface area contributed by atoms with Gasteiger partial charge in [-0.1, -0.05) is 12.1 Å². The van der Waals surface area contributed by atoms with Crippen LogP contribution in [0.3, 0.4) is 0 Å². The van der Waals surface area contributed by atoms with E-state index in [0.29, 0.717) is 16.1 Å². The summed E-state index contributed by atoms with van der Waals surface area (Å²) in [5, 5.41) is 5.61. The van der Waals surface area contributed by atoms with Crippen LogP contribution in [-0.2, 0) is 0 Å². The molecule has 2 N–H and O–H groups in total. The molecule has 0 unspecified atom stereocenters. The van der Waals surface area contributed by atoms with Gasteiger partial charge in [-0.25, -0.2) is 0 Å². The Bertz CT molecular complexity index is 667. The summed E-state index contributed by atoms with van der Waals surface area (Å²) in [6.45, 7) is 3.78. The van der Waals surface area contributed by atoms with Gasteiger partial charge in [-0.3, -0.25) is 9.59 Å². The number of halogens is 1. The molecule has 4 nitrogen and oxygen atoms in total. The maximum absolute atomic E-state index is 12.2. The molecule has 2 amide bonds. The zero-order valence-corrected chi connectivity index (χ0v) is 14.0.